The van der Waals surface area contributed by atoms with Crippen LogP contribution < -0.4 is 10.5 Å². The first-order chi connectivity index (χ1) is 8.06. The molecule has 0 aliphatic heterocycles. The Hall–Kier alpha value is -0.780. The molecule has 6 heteroatoms. The van der Waals surface area contributed by atoms with E-state index in [4.69, 9.17) is 22.1 Å². The molecule has 0 spiro atoms. The van der Waals surface area contributed by atoms with Crippen molar-refractivity contribution in [3.63, 3.8) is 0 Å². The number of hydrogen-bond acceptors (Lipinski definition) is 3. The number of halogens is 3. The number of pyridine rings is 1. The number of rotatable bonds is 2. The number of nitrogens with zero attached hydrogens (tertiary/aromatic N) is 1. The Bertz CT molecular complexity index is 563. The van der Waals surface area contributed by atoms with Crippen LogP contribution in [0.1, 0.15) is 0 Å². The summed E-state index contributed by atoms with van der Waals surface area (Å²) in [7, 11) is 0. The molecule has 88 valence electrons. The minimum absolute atomic E-state index is 0.431. The number of ether oxygens (including phenoxy) is 1. The fraction of sp³-hybridized carbons (Fsp3) is 0. The number of nitrogens with two attached hydrogens (primary N) is 1. The second kappa shape index (κ2) is 5.25. The first-order valence-electron chi connectivity index (χ1n) is 4.60. The summed E-state index contributed by atoms with van der Waals surface area (Å²) in [4.78, 5) is 4.13. The van der Waals surface area contributed by atoms with Crippen LogP contribution in [0.3, 0.4) is 0 Å². The molecule has 0 unspecified atom stereocenters. The Balaban J connectivity index is 2.34. The SMILES string of the molecule is Nc1ccc(Cl)c(Oc2ncc(Br)cc2Br)c1. The van der Waals surface area contributed by atoms with Gasteiger partial charge in [-0.1, -0.05) is 11.6 Å². The van der Waals surface area contributed by atoms with Gasteiger partial charge in [0.2, 0.25) is 5.88 Å². The van der Waals surface area contributed by atoms with Crippen molar-refractivity contribution in [1.29, 1.82) is 0 Å². The van der Waals surface area contributed by atoms with Gasteiger partial charge in [-0.15, -0.1) is 0 Å². The van der Waals surface area contributed by atoms with Crippen molar-refractivity contribution in [1.82, 2.24) is 4.98 Å². The molecule has 1 heterocycles. The molecular formula is C11H7Br2ClN2O. The molecule has 0 saturated carbocycles. The van der Waals surface area contributed by atoms with Crippen LogP contribution in [0.4, 0.5) is 5.69 Å². The van der Waals surface area contributed by atoms with E-state index in [1.807, 2.05) is 6.07 Å². The zero-order valence-corrected chi connectivity index (χ0v) is 12.4. The van der Waals surface area contributed by atoms with Gasteiger partial charge in [0.05, 0.1) is 9.50 Å². The quantitative estimate of drug-likeness (QED) is 0.775. The molecule has 2 aromatic rings. The van der Waals surface area contributed by atoms with Gasteiger partial charge < -0.3 is 10.5 Å². The highest BCUT2D eigenvalue weighted by Gasteiger charge is 2.08. The van der Waals surface area contributed by atoms with Crippen molar-refractivity contribution in [3.8, 4) is 11.6 Å². The molecule has 1 aromatic heterocycles. The third-order valence-corrected chi connectivity index (χ3v) is 3.25. The second-order valence-electron chi connectivity index (χ2n) is 3.23. The van der Waals surface area contributed by atoms with E-state index in [2.05, 4.69) is 36.8 Å². The maximum atomic E-state index is 6.00. The average molecular weight is 378 g/mol. The largest absolute Gasteiger partial charge is 0.436 e. The first-order valence-corrected chi connectivity index (χ1v) is 6.56. The predicted octanol–water partition coefficient (Wildman–Crippen LogP) is 4.63. The third kappa shape index (κ3) is 3.12. The molecule has 0 radical (unpaired) electrons. The molecule has 0 amide bonds. The Morgan fingerprint density at radius 2 is 2.00 bits per heavy atom. The van der Waals surface area contributed by atoms with Crippen LogP contribution in [-0.4, -0.2) is 4.98 Å². The molecule has 1 aromatic carbocycles. The average Bonchev–Trinajstić information content (AvgIpc) is 2.27. The third-order valence-electron chi connectivity index (χ3n) is 1.94. The number of hydrogen-bond donors (Lipinski definition) is 1. The summed E-state index contributed by atoms with van der Waals surface area (Å²) in [5.74, 6) is 0.905. The lowest BCUT2D eigenvalue weighted by Gasteiger charge is -2.08. The van der Waals surface area contributed by atoms with E-state index in [9.17, 15) is 0 Å². The zero-order valence-electron chi connectivity index (χ0n) is 8.45. The zero-order chi connectivity index (χ0) is 12.4. The standard InChI is InChI=1S/C11H7Br2ClN2O/c12-6-3-8(13)11(16-5-6)17-10-4-7(15)1-2-9(10)14/h1-5H,15H2. The van der Waals surface area contributed by atoms with Gasteiger partial charge in [0.25, 0.3) is 0 Å². The van der Waals surface area contributed by atoms with Crippen LogP contribution in [0.2, 0.25) is 5.02 Å². The maximum Gasteiger partial charge on any atom is 0.233 e. The molecular weight excluding hydrogens is 371 g/mol. The predicted molar refractivity (Wildman–Crippen MR) is 75.6 cm³/mol. The van der Waals surface area contributed by atoms with Gasteiger partial charge in [0, 0.05) is 22.4 Å². The van der Waals surface area contributed by atoms with Gasteiger partial charge in [-0.3, -0.25) is 0 Å². The lowest BCUT2D eigenvalue weighted by Crippen LogP contribution is -1.92. The van der Waals surface area contributed by atoms with E-state index in [-0.39, 0.29) is 0 Å². The summed E-state index contributed by atoms with van der Waals surface area (Å²) >= 11 is 12.7. The van der Waals surface area contributed by atoms with Crippen LogP contribution in [-0.2, 0) is 0 Å². The van der Waals surface area contributed by atoms with Crippen LogP contribution in [0.15, 0.2) is 39.4 Å². The van der Waals surface area contributed by atoms with E-state index in [1.54, 1.807) is 24.4 Å². The van der Waals surface area contributed by atoms with Crippen LogP contribution in [0.5, 0.6) is 11.6 Å². The molecule has 17 heavy (non-hydrogen) atoms. The molecule has 0 fully saturated rings. The highest BCUT2D eigenvalue weighted by atomic mass is 79.9. The van der Waals surface area contributed by atoms with Crippen molar-refractivity contribution < 1.29 is 4.74 Å². The van der Waals surface area contributed by atoms with Gasteiger partial charge in [-0.25, -0.2) is 4.98 Å². The summed E-state index contributed by atoms with van der Waals surface area (Å²) < 4.78 is 7.17. The number of nitrogen functional groups attached to an aromatic ring is 1. The minimum atomic E-state index is 0.431. The molecule has 0 atom stereocenters. The van der Waals surface area contributed by atoms with Gasteiger partial charge in [-0.05, 0) is 50.1 Å². The van der Waals surface area contributed by atoms with Crippen molar-refractivity contribution in [2.24, 2.45) is 0 Å². The monoisotopic (exact) mass is 376 g/mol. The highest BCUT2D eigenvalue weighted by Crippen LogP contribution is 2.34. The van der Waals surface area contributed by atoms with Crippen molar-refractivity contribution >= 4 is 49.1 Å². The van der Waals surface area contributed by atoms with E-state index in [0.717, 1.165) is 8.95 Å². The lowest BCUT2D eigenvalue weighted by atomic mass is 10.3. The topological polar surface area (TPSA) is 48.1 Å². The van der Waals surface area contributed by atoms with Crippen molar-refractivity contribution in [3.05, 3.63) is 44.4 Å². The summed E-state index contributed by atoms with van der Waals surface area (Å²) in [6.07, 6.45) is 1.64. The molecule has 0 bridgehead atoms. The normalized spacial score (nSPS) is 10.3. The van der Waals surface area contributed by atoms with E-state index in [1.165, 1.54) is 0 Å². The molecule has 0 aliphatic carbocycles. The summed E-state index contributed by atoms with van der Waals surface area (Å²) in [6.45, 7) is 0. The number of anilines is 1. The first kappa shape index (κ1) is 12.7. The number of aromatic nitrogens is 1. The van der Waals surface area contributed by atoms with E-state index < -0.39 is 0 Å². The van der Waals surface area contributed by atoms with Crippen LogP contribution >= 0.6 is 43.5 Å². The molecule has 0 saturated heterocycles. The fourth-order valence-corrected chi connectivity index (χ4v) is 2.40. The van der Waals surface area contributed by atoms with Crippen LogP contribution in [0, 0.1) is 0 Å². The van der Waals surface area contributed by atoms with Crippen molar-refractivity contribution in [2.75, 3.05) is 5.73 Å². The molecule has 3 nitrogen and oxygen atoms in total. The Kier molecular flexibility index (Phi) is 3.91. The molecule has 2 rings (SSSR count). The highest BCUT2D eigenvalue weighted by molar-refractivity contribution is 9.11. The van der Waals surface area contributed by atoms with Crippen molar-refractivity contribution in [2.45, 2.75) is 0 Å². The number of benzene rings is 1. The van der Waals surface area contributed by atoms with E-state index >= 15 is 0 Å². The fourth-order valence-electron chi connectivity index (χ4n) is 1.18. The van der Waals surface area contributed by atoms with Gasteiger partial charge in [0.15, 0.2) is 0 Å². The summed E-state index contributed by atoms with van der Waals surface area (Å²) in [5.41, 5.74) is 6.25. The van der Waals surface area contributed by atoms with Crippen LogP contribution in [0.25, 0.3) is 0 Å². The molecule has 2 N–H and O–H groups in total. The van der Waals surface area contributed by atoms with Gasteiger partial charge in [-0.2, -0.15) is 0 Å². The Morgan fingerprint density at radius 3 is 2.71 bits per heavy atom. The van der Waals surface area contributed by atoms with Gasteiger partial charge in [0.1, 0.15) is 5.75 Å². The summed E-state index contributed by atoms with van der Waals surface area (Å²) in [5, 5.41) is 0.482. The smallest absolute Gasteiger partial charge is 0.233 e. The second-order valence-corrected chi connectivity index (χ2v) is 5.41. The lowest BCUT2D eigenvalue weighted by molar-refractivity contribution is 0.460. The Labute approximate surface area is 120 Å². The van der Waals surface area contributed by atoms with Gasteiger partial charge >= 0.3 is 0 Å². The summed E-state index contributed by atoms with van der Waals surface area (Å²) in [6, 6.07) is 6.87. The van der Waals surface area contributed by atoms with E-state index in [0.29, 0.717) is 22.3 Å². The minimum Gasteiger partial charge on any atom is -0.436 e. The Morgan fingerprint density at radius 1 is 1.24 bits per heavy atom. The molecule has 0 aliphatic rings. The maximum absolute atomic E-state index is 6.00.